The Bertz CT molecular complexity index is 534. The topological polar surface area (TPSA) is 48.1 Å². The first kappa shape index (κ1) is 11.8. The molecule has 2 aromatic rings. The highest BCUT2D eigenvalue weighted by Crippen LogP contribution is 2.30. The molecule has 17 heavy (non-hydrogen) atoms. The average Bonchev–Trinajstić information content (AvgIpc) is 2.33. The van der Waals surface area contributed by atoms with E-state index in [0.29, 0.717) is 17.2 Å². The van der Waals surface area contributed by atoms with Crippen molar-refractivity contribution in [2.75, 3.05) is 0 Å². The molecule has 0 amide bonds. The van der Waals surface area contributed by atoms with Crippen LogP contribution >= 0.6 is 11.6 Å². The van der Waals surface area contributed by atoms with Crippen molar-refractivity contribution in [3.05, 3.63) is 53.1 Å². The molecule has 0 radical (unpaired) electrons. The predicted octanol–water partition coefficient (Wildman–Crippen LogP) is 3.13. The second kappa shape index (κ2) is 5.12. The molecule has 0 saturated carbocycles. The zero-order valence-corrected chi connectivity index (χ0v) is 9.62. The molecule has 0 aliphatic heterocycles. The Balaban J connectivity index is 2.31. The Hall–Kier alpha value is -1.65. The van der Waals surface area contributed by atoms with Crippen LogP contribution in [0.5, 0.6) is 11.5 Å². The number of hydrogen-bond acceptors (Lipinski definition) is 3. The number of ether oxygens (including phenoxy) is 1. The SMILES string of the molecule is NCc1ncccc1Oc1ccc(F)cc1Cl. The fourth-order valence-corrected chi connectivity index (χ4v) is 1.55. The Labute approximate surface area is 103 Å². The van der Waals surface area contributed by atoms with Crippen molar-refractivity contribution >= 4 is 11.6 Å². The van der Waals surface area contributed by atoms with Gasteiger partial charge in [-0.1, -0.05) is 11.6 Å². The maximum atomic E-state index is 12.9. The first-order chi connectivity index (χ1) is 8.20. The Kier molecular flexibility index (Phi) is 3.56. The standard InChI is InChI=1S/C12H10ClFN2O/c13-9-6-8(14)3-4-11(9)17-12-2-1-5-16-10(12)7-15/h1-6H,7,15H2. The summed E-state index contributed by atoms with van der Waals surface area (Å²) >= 11 is 5.86. The number of benzene rings is 1. The van der Waals surface area contributed by atoms with E-state index < -0.39 is 5.82 Å². The summed E-state index contributed by atoms with van der Waals surface area (Å²) in [6, 6.07) is 7.39. The molecule has 0 bridgehead atoms. The van der Waals surface area contributed by atoms with Gasteiger partial charge in [-0.05, 0) is 30.3 Å². The minimum absolute atomic E-state index is 0.205. The van der Waals surface area contributed by atoms with Crippen molar-refractivity contribution in [1.29, 1.82) is 0 Å². The van der Waals surface area contributed by atoms with Crippen molar-refractivity contribution in [2.45, 2.75) is 6.54 Å². The highest BCUT2D eigenvalue weighted by molar-refractivity contribution is 6.32. The molecule has 0 aliphatic carbocycles. The van der Waals surface area contributed by atoms with Gasteiger partial charge in [0.2, 0.25) is 0 Å². The normalized spacial score (nSPS) is 10.3. The molecular weight excluding hydrogens is 243 g/mol. The van der Waals surface area contributed by atoms with Crippen molar-refractivity contribution in [3.8, 4) is 11.5 Å². The molecule has 2 N–H and O–H groups in total. The van der Waals surface area contributed by atoms with Gasteiger partial charge in [0.05, 0.1) is 10.7 Å². The number of pyridine rings is 1. The van der Waals surface area contributed by atoms with E-state index in [9.17, 15) is 4.39 Å². The largest absolute Gasteiger partial charge is 0.454 e. The molecule has 1 aromatic heterocycles. The summed E-state index contributed by atoms with van der Waals surface area (Å²) in [5.74, 6) is 0.479. The third-order valence-electron chi connectivity index (χ3n) is 2.16. The fourth-order valence-electron chi connectivity index (χ4n) is 1.35. The summed E-state index contributed by atoms with van der Waals surface area (Å²) in [6.07, 6.45) is 1.63. The number of nitrogens with zero attached hydrogens (tertiary/aromatic N) is 1. The summed E-state index contributed by atoms with van der Waals surface area (Å²) < 4.78 is 18.4. The lowest BCUT2D eigenvalue weighted by atomic mass is 10.3. The van der Waals surface area contributed by atoms with E-state index in [-0.39, 0.29) is 11.6 Å². The van der Waals surface area contributed by atoms with Crippen LogP contribution in [0.2, 0.25) is 5.02 Å². The summed E-state index contributed by atoms with van der Waals surface area (Å²) in [5.41, 5.74) is 6.15. The molecule has 88 valence electrons. The summed E-state index contributed by atoms with van der Waals surface area (Å²) in [6.45, 7) is 0.259. The summed E-state index contributed by atoms with van der Waals surface area (Å²) in [4.78, 5) is 4.07. The van der Waals surface area contributed by atoms with Crippen LogP contribution < -0.4 is 10.5 Å². The maximum Gasteiger partial charge on any atom is 0.150 e. The van der Waals surface area contributed by atoms with Crippen LogP contribution in [0, 0.1) is 5.82 Å². The third-order valence-corrected chi connectivity index (χ3v) is 2.45. The van der Waals surface area contributed by atoms with Crippen LogP contribution in [-0.2, 0) is 6.54 Å². The molecule has 1 heterocycles. The van der Waals surface area contributed by atoms with E-state index in [1.165, 1.54) is 18.2 Å². The first-order valence-electron chi connectivity index (χ1n) is 4.97. The van der Waals surface area contributed by atoms with Crippen molar-refractivity contribution < 1.29 is 9.13 Å². The molecule has 3 nitrogen and oxygen atoms in total. The molecule has 5 heteroatoms. The second-order valence-electron chi connectivity index (χ2n) is 3.33. The highest BCUT2D eigenvalue weighted by atomic mass is 35.5. The maximum absolute atomic E-state index is 12.9. The molecule has 0 aliphatic rings. The van der Waals surface area contributed by atoms with E-state index in [4.69, 9.17) is 22.1 Å². The molecule has 0 spiro atoms. The van der Waals surface area contributed by atoms with Crippen LogP contribution in [0.4, 0.5) is 4.39 Å². The van der Waals surface area contributed by atoms with Gasteiger partial charge in [-0.25, -0.2) is 4.39 Å². The molecule has 0 unspecified atom stereocenters. The van der Waals surface area contributed by atoms with Gasteiger partial charge in [-0.3, -0.25) is 4.98 Å². The Morgan fingerprint density at radius 3 is 2.82 bits per heavy atom. The zero-order valence-electron chi connectivity index (χ0n) is 8.86. The quantitative estimate of drug-likeness (QED) is 0.913. The average molecular weight is 253 g/mol. The molecule has 0 atom stereocenters. The van der Waals surface area contributed by atoms with Gasteiger partial charge in [0.1, 0.15) is 17.3 Å². The third kappa shape index (κ3) is 2.72. The van der Waals surface area contributed by atoms with Gasteiger partial charge in [-0.15, -0.1) is 0 Å². The van der Waals surface area contributed by atoms with Crippen LogP contribution in [0.25, 0.3) is 0 Å². The highest BCUT2D eigenvalue weighted by Gasteiger charge is 2.08. The van der Waals surface area contributed by atoms with Crippen LogP contribution in [0.15, 0.2) is 36.5 Å². The van der Waals surface area contributed by atoms with E-state index in [1.54, 1.807) is 18.3 Å². The number of nitrogens with two attached hydrogens (primary N) is 1. The number of hydrogen-bond donors (Lipinski definition) is 1. The molecule has 0 saturated heterocycles. The smallest absolute Gasteiger partial charge is 0.150 e. The Morgan fingerprint density at radius 1 is 1.29 bits per heavy atom. The lowest BCUT2D eigenvalue weighted by Crippen LogP contribution is -2.02. The van der Waals surface area contributed by atoms with Gasteiger partial charge in [0.15, 0.2) is 0 Å². The van der Waals surface area contributed by atoms with E-state index in [2.05, 4.69) is 4.98 Å². The van der Waals surface area contributed by atoms with E-state index in [1.807, 2.05) is 0 Å². The number of halogens is 2. The van der Waals surface area contributed by atoms with Crippen molar-refractivity contribution in [3.63, 3.8) is 0 Å². The monoisotopic (exact) mass is 252 g/mol. The van der Waals surface area contributed by atoms with Gasteiger partial charge in [-0.2, -0.15) is 0 Å². The second-order valence-corrected chi connectivity index (χ2v) is 3.74. The minimum Gasteiger partial charge on any atom is -0.454 e. The van der Waals surface area contributed by atoms with Gasteiger partial charge in [0.25, 0.3) is 0 Å². The van der Waals surface area contributed by atoms with E-state index >= 15 is 0 Å². The zero-order chi connectivity index (χ0) is 12.3. The van der Waals surface area contributed by atoms with Gasteiger partial charge < -0.3 is 10.5 Å². The Morgan fingerprint density at radius 2 is 2.12 bits per heavy atom. The minimum atomic E-state index is -0.410. The molecular formula is C12H10ClFN2O. The lowest BCUT2D eigenvalue weighted by Gasteiger charge is -2.10. The van der Waals surface area contributed by atoms with Gasteiger partial charge >= 0.3 is 0 Å². The summed E-state index contributed by atoms with van der Waals surface area (Å²) in [7, 11) is 0. The molecule has 2 rings (SSSR count). The van der Waals surface area contributed by atoms with Gasteiger partial charge in [0, 0.05) is 12.7 Å². The molecule has 1 aromatic carbocycles. The predicted molar refractivity (Wildman–Crippen MR) is 63.6 cm³/mol. The number of aromatic nitrogens is 1. The fraction of sp³-hybridized carbons (Fsp3) is 0.0833. The van der Waals surface area contributed by atoms with Crippen LogP contribution in [0.1, 0.15) is 5.69 Å². The molecule has 0 fully saturated rings. The number of rotatable bonds is 3. The van der Waals surface area contributed by atoms with Crippen LogP contribution in [0.3, 0.4) is 0 Å². The first-order valence-corrected chi connectivity index (χ1v) is 5.35. The lowest BCUT2D eigenvalue weighted by molar-refractivity contribution is 0.471. The van der Waals surface area contributed by atoms with Crippen LogP contribution in [-0.4, -0.2) is 4.98 Å². The van der Waals surface area contributed by atoms with E-state index in [0.717, 1.165) is 0 Å². The van der Waals surface area contributed by atoms with Crippen molar-refractivity contribution in [1.82, 2.24) is 4.98 Å². The van der Waals surface area contributed by atoms with Crippen molar-refractivity contribution in [2.24, 2.45) is 5.73 Å². The summed E-state index contributed by atoms with van der Waals surface area (Å²) in [5, 5.41) is 0.205.